The van der Waals surface area contributed by atoms with Crippen LogP contribution in [0.15, 0.2) is 17.1 Å². The molecule has 1 heterocycles. The molecule has 1 aliphatic carbocycles. The van der Waals surface area contributed by atoms with Crippen LogP contribution >= 0.6 is 0 Å². The molecule has 2 atom stereocenters. The van der Waals surface area contributed by atoms with Crippen molar-refractivity contribution in [2.45, 2.75) is 31.7 Å². The van der Waals surface area contributed by atoms with Gasteiger partial charge in [-0.2, -0.15) is 0 Å². The molecule has 3 heteroatoms. The molecular formula is C11H16N2O. The van der Waals surface area contributed by atoms with E-state index in [2.05, 4.69) is 16.4 Å². The van der Waals surface area contributed by atoms with Crippen molar-refractivity contribution in [3.63, 3.8) is 0 Å². The third-order valence-corrected chi connectivity index (χ3v) is 3.07. The minimum Gasteiger partial charge on any atom is -0.354 e. The second kappa shape index (κ2) is 3.56. The van der Waals surface area contributed by atoms with E-state index in [-0.39, 0.29) is 5.91 Å². The second-order valence-corrected chi connectivity index (χ2v) is 3.91. The number of rotatable bonds is 2. The molecule has 14 heavy (non-hydrogen) atoms. The van der Waals surface area contributed by atoms with E-state index >= 15 is 0 Å². The number of carbonyl (C=O) groups excluding carboxylic acids is 1. The SMILES string of the molecule is CCNC(=O)[C@]12C=CCC[C@H]1CC=N2. The van der Waals surface area contributed by atoms with Gasteiger partial charge in [0.25, 0.3) is 5.91 Å². The van der Waals surface area contributed by atoms with Crippen molar-refractivity contribution in [2.24, 2.45) is 10.9 Å². The third kappa shape index (κ3) is 1.27. The molecule has 2 aliphatic rings. The van der Waals surface area contributed by atoms with Crippen LogP contribution in [-0.2, 0) is 4.79 Å². The first-order valence-electron chi connectivity index (χ1n) is 5.29. The Morgan fingerprint density at radius 2 is 2.57 bits per heavy atom. The lowest BCUT2D eigenvalue weighted by Crippen LogP contribution is -2.48. The zero-order chi connectivity index (χ0) is 10.0. The largest absolute Gasteiger partial charge is 0.354 e. The number of nitrogens with zero attached hydrogens (tertiary/aromatic N) is 1. The van der Waals surface area contributed by atoms with Crippen LogP contribution in [0.1, 0.15) is 26.2 Å². The third-order valence-electron chi connectivity index (χ3n) is 3.07. The van der Waals surface area contributed by atoms with Gasteiger partial charge in [-0.3, -0.25) is 9.79 Å². The number of allylic oxidation sites excluding steroid dienone is 1. The fraction of sp³-hybridized carbons (Fsp3) is 0.636. The topological polar surface area (TPSA) is 41.5 Å². The predicted molar refractivity (Wildman–Crippen MR) is 56.4 cm³/mol. The first-order valence-corrected chi connectivity index (χ1v) is 5.29. The van der Waals surface area contributed by atoms with Gasteiger partial charge in [-0.25, -0.2) is 0 Å². The molecule has 0 spiro atoms. The van der Waals surface area contributed by atoms with E-state index in [0.29, 0.717) is 12.5 Å². The highest BCUT2D eigenvalue weighted by atomic mass is 16.2. The van der Waals surface area contributed by atoms with Gasteiger partial charge in [0.15, 0.2) is 5.54 Å². The molecule has 0 fully saturated rings. The number of fused-ring (bicyclic) bond motifs is 1. The van der Waals surface area contributed by atoms with E-state index in [9.17, 15) is 4.79 Å². The lowest BCUT2D eigenvalue weighted by Gasteiger charge is -2.31. The van der Waals surface area contributed by atoms with E-state index in [4.69, 9.17) is 0 Å². The number of hydrogen-bond donors (Lipinski definition) is 1. The van der Waals surface area contributed by atoms with Gasteiger partial charge in [-0.05, 0) is 26.2 Å². The summed E-state index contributed by atoms with van der Waals surface area (Å²) in [7, 11) is 0. The van der Waals surface area contributed by atoms with Gasteiger partial charge >= 0.3 is 0 Å². The van der Waals surface area contributed by atoms with Crippen LogP contribution in [0.2, 0.25) is 0 Å². The normalized spacial score (nSPS) is 34.2. The molecule has 2 rings (SSSR count). The van der Waals surface area contributed by atoms with Gasteiger partial charge in [-0.15, -0.1) is 0 Å². The molecule has 0 aromatic carbocycles. The molecular weight excluding hydrogens is 176 g/mol. The van der Waals surface area contributed by atoms with Crippen LogP contribution in [-0.4, -0.2) is 24.2 Å². The summed E-state index contributed by atoms with van der Waals surface area (Å²) in [5.74, 6) is 0.453. The van der Waals surface area contributed by atoms with Crippen molar-refractivity contribution in [3.8, 4) is 0 Å². The Labute approximate surface area is 84.3 Å². The Bertz CT molecular complexity index is 296. The Kier molecular flexibility index (Phi) is 2.40. The Hall–Kier alpha value is -1.12. The highest BCUT2D eigenvalue weighted by Crippen LogP contribution is 2.38. The molecule has 0 saturated heterocycles. The molecule has 0 saturated carbocycles. The summed E-state index contributed by atoms with van der Waals surface area (Å²) in [6.07, 6.45) is 9.06. The molecule has 0 aromatic heterocycles. The first kappa shape index (κ1) is 9.44. The fourth-order valence-electron chi connectivity index (χ4n) is 2.32. The van der Waals surface area contributed by atoms with Crippen molar-refractivity contribution in [3.05, 3.63) is 12.2 Å². The average molecular weight is 192 g/mol. The summed E-state index contributed by atoms with van der Waals surface area (Å²) >= 11 is 0. The van der Waals surface area contributed by atoms with Gasteiger partial charge in [0.2, 0.25) is 0 Å². The van der Waals surface area contributed by atoms with Crippen molar-refractivity contribution in [1.29, 1.82) is 0 Å². The van der Waals surface area contributed by atoms with Crippen LogP contribution in [0, 0.1) is 5.92 Å². The van der Waals surface area contributed by atoms with Crippen molar-refractivity contribution < 1.29 is 4.79 Å². The van der Waals surface area contributed by atoms with Crippen molar-refractivity contribution in [2.75, 3.05) is 6.54 Å². The number of amides is 1. The Morgan fingerprint density at radius 3 is 3.36 bits per heavy atom. The molecule has 0 aromatic rings. The highest BCUT2D eigenvalue weighted by Gasteiger charge is 2.46. The number of likely N-dealkylation sites (N-methyl/N-ethyl adjacent to an activating group) is 1. The van der Waals surface area contributed by atoms with Crippen LogP contribution in [0.25, 0.3) is 0 Å². The minimum absolute atomic E-state index is 0.0645. The van der Waals surface area contributed by atoms with E-state index in [1.165, 1.54) is 0 Å². The monoisotopic (exact) mass is 192 g/mol. The lowest BCUT2D eigenvalue weighted by molar-refractivity contribution is -0.126. The van der Waals surface area contributed by atoms with Gasteiger partial charge in [-0.1, -0.05) is 12.2 Å². The molecule has 1 N–H and O–H groups in total. The zero-order valence-electron chi connectivity index (χ0n) is 8.49. The van der Waals surface area contributed by atoms with Gasteiger partial charge in [0.05, 0.1) is 0 Å². The lowest BCUT2D eigenvalue weighted by atomic mass is 9.77. The Balaban J connectivity index is 2.26. The second-order valence-electron chi connectivity index (χ2n) is 3.91. The van der Waals surface area contributed by atoms with Crippen LogP contribution in [0.4, 0.5) is 0 Å². The summed E-state index contributed by atoms with van der Waals surface area (Å²) in [6, 6.07) is 0. The van der Waals surface area contributed by atoms with Gasteiger partial charge in [0.1, 0.15) is 0 Å². The number of carbonyl (C=O) groups is 1. The maximum atomic E-state index is 11.9. The maximum absolute atomic E-state index is 11.9. The van der Waals surface area contributed by atoms with Crippen LogP contribution in [0.3, 0.4) is 0 Å². The van der Waals surface area contributed by atoms with Crippen molar-refractivity contribution >= 4 is 12.1 Å². The van der Waals surface area contributed by atoms with Crippen LogP contribution < -0.4 is 5.32 Å². The molecule has 0 radical (unpaired) electrons. The Morgan fingerprint density at radius 1 is 1.71 bits per heavy atom. The first-order chi connectivity index (χ1) is 6.79. The van der Waals surface area contributed by atoms with E-state index < -0.39 is 5.54 Å². The average Bonchev–Trinajstić information content (AvgIpc) is 2.62. The highest BCUT2D eigenvalue weighted by molar-refractivity contribution is 5.92. The van der Waals surface area contributed by atoms with Gasteiger partial charge < -0.3 is 5.32 Å². The van der Waals surface area contributed by atoms with Gasteiger partial charge in [0, 0.05) is 18.7 Å². The quantitative estimate of drug-likeness (QED) is 0.658. The number of hydrogen-bond acceptors (Lipinski definition) is 2. The summed E-state index contributed by atoms with van der Waals surface area (Å²) in [6.45, 7) is 2.62. The zero-order valence-corrected chi connectivity index (χ0v) is 8.49. The number of aliphatic imine (C=N–C) groups is 1. The van der Waals surface area contributed by atoms with E-state index in [1.54, 1.807) is 0 Å². The molecule has 0 bridgehead atoms. The van der Waals surface area contributed by atoms with E-state index in [0.717, 1.165) is 19.3 Å². The fourth-order valence-corrected chi connectivity index (χ4v) is 2.32. The molecule has 1 amide bonds. The molecule has 0 unspecified atom stereocenters. The minimum atomic E-state index is -0.561. The van der Waals surface area contributed by atoms with Crippen LogP contribution in [0.5, 0.6) is 0 Å². The number of nitrogens with one attached hydrogen (secondary N) is 1. The summed E-state index contributed by atoms with van der Waals surface area (Å²) < 4.78 is 0. The molecule has 76 valence electrons. The summed E-state index contributed by atoms with van der Waals surface area (Å²) in [5.41, 5.74) is -0.561. The molecule has 1 aliphatic heterocycles. The summed E-state index contributed by atoms with van der Waals surface area (Å²) in [4.78, 5) is 16.3. The summed E-state index contributed by atoms with van der Waals surface area (Å²) in [5, 5.41) is 2.87. The van der Waals surface area contributed by atoms with Crippen molar-refractivity contribution in [1.82, 2.24) is 5.32 Å². The maximum Gasteiger partial charge on any atom is 0.252 e. The van der Waals surface area contributed by atoms with E-state index in [1.807, 2.05) is 19.2 Å². The predicted octanol–water partition coefficient (Wildman–Crippen LogP) is 1.30. The molecule has 3 nitrogen and oxygen atoms in total. The standard InChI is InChI=1S/C11H16N2O/c1-2-12-10(14)11-7-4-3-5-9(11)6-8-13-11/h4,7-9H,2-3,5-6H2,1H3,(H,12,14)/t9-,11-/m0/s1. The smallest absolute Gasteiger partial charge is 0.252 e.